The van der Waals surface area contributed by atoms with Crippen LogP contribution in [0.1, 0.15) is 10.5 Å². The highest BCUT2D eigenvalue weighted by Crippen LogP contribution is 2.21. The van der Waals surface area contributed by atoms with E-state index >= 15 is 0 Å². The van der Waals surface area contributed by atoms with Gasteiger partial charge in [0.15, 0.2) is 0 Å². The number of carboxylic acid groups (broad SMARTS) is 1. The molecule has 0 saturated carbocycles. The summed E-state index contributed by atoms with van der Waals surface area (Å²) in [6, 6.07) is 11.3. The van der Waals surface area contributed by atoms with Gasteiger partial charge < -0.3 is 15.0 Å². The molecule has 0 aliphatic heterocycles. The van der Waals surface area contributed by atoms with Crippen LogP contribution in [-0.2, 0) is 0 Å². The van der Waals surface area contributed by atoms with Crippen LogP contribution in [0.5, 0.6) is 0 Å². The number of carboxylic acids is 1. The third-order valence-electron chi connectivity index (χ3n) is 2.61. The maximum Gasteiger partial charge on any atom is 0.352 e. The van der Waals surface area contributed by atoms with Gasteiger partial charge in [0.2, 0.25) is 0 Å². The lowest BCUT2D eigenvalue weighted by molar-refractivity contribution is 0.0691. The smallest absolute Gasteiger partial charge is 0.352 e. The molecule has 0 amide bonds. The maximum absolute atomic E-state index is 10.8. The summed E-state index contributed by atoms with van der Waals surface area (Å²) in [5.41, 5.74) is 3.10. The van der Waals surface area contributed by atoms with Gasteiger partial charge in [-0.3, -0.25) is 0 Å². The lowest BCUT2D eigenvalue weighted by Crippen LogP contribution is -2.07. The molecule has 0 spiro atoms. The van der Waals surface area contributed by atoms with Crippen LogP contribution in [0.2, 0.25) is 0 Å². The average Bonchev–Trinajstić information content (AvgIpc) is 2.78. The standard InChI is InChI=1S/C13H14N2O2/c1-15(2)10-5-3-9(4-6-10)11-7-8-12(14-11)13(16)17/h3-8,14H,1-2H3,(H,16,17). The Hall–Kier alpha value is -2.23. The second-order valence-corrected chi connectivity index (χ2v) is 4.03. The molecule has 4 heteroatoms. The van der Waals surface area contributed by atoms with Gasteiger partial charge >= 0.3 is 5.97 Å². The van der Waals surface area contributed by atoms with Gasteiger partial charge in [-0.2, -0.15) is 0 Å². The SMILES string of the molecule is CN(C)c1ccc(-c2ccc(C(=O)O)[nH]2)cc1. The Labute approximate surface area is 99.5 Å². The molecule has 4 nitrogen and oxygen atoms in total. The molecule has 0 saturated heterocycles. The number of hydrogen-bond donors (Lipinski definition) is 2. The van der Waals surface area contributed by atoms with Crippen molar-refractivity contribution in [3.63, 3.8) is 0 Å². The van der Waals surface area contributed by atoms with E-state index in [1.165, 1.54) is 0 Å². The third kappa shape index (κ3) is 2.30. The molecular weight excluding hydrogens is 216 g/mol. The highest BCUT2D eigenvalue weighted by molar-refractivity contribution is 5.86. The monoisotopic (exact) mass is 230 g/mol. The summed E-state index contributed by atoms with van der Waals surface area (Å²) >= 11 is 0. The van der Waals surface area contributed by atoms with Crippen molar-refractivity contribution >= 4 is 11.7 Å². The Morgan fingerprint density at radius 3 is 2.24 bits per heavy atom. The van der Waals surface area contributed by atoms with Gasteiger partial charge in [0.1, 0.15) is 5.69 Å². The summed E-state index contributed by atoms with van der Waals surface area (Å²) in [5.74, 6) is -0.943. The van der Waals surface area contributed by atoms with Crippen LogP contribution in [0.25, 0.3) is 11.3 Å². The van der Waals surface area contributed by atoms with Crippen LogP contribution in [-0.4, -0.2) is 30.2 Å². The van der Waals surface area contributed by atoms with E-state index in [-0.39, 0.29) is 5.69 Å². The van der Waals surface area contributed by atoms with Crippen LogP contribution in [0.3, 0.4) is 0 Å². The van der Waals surface area contributed by atoms with E-state index in [1.807, 2.05) is 43.3 Å². The first-order chi connectivity index (χ1) is 8.08. The Kier molecular flexibility index (Phi) is 2.87. The van der Waals surface area contributed by atoms with Crippen LogP contribution in [0.15, 0.2) is 36.4 Å². The van der Waals surface area contributed by atoms with Crippen molar-refractivity contribution in [2.24, 2.45) is 0 Å². The molecule has 2 N–H and O–H groups in total. The minimum absolute atomic E-state index is 0.205. The summed E-state index contributed by atoms with van der Waals surface area (Å²) in [4.78, 5) is 15.6. The lowest BCUT2D eigenvalue weighted by Gasteiger charge is -2.12. The molecule has 0 radical (unpaired) electrons. The van der Waals surface area contributed by atoms with Crippen molar-refractivity contribution in [3.8, 4) is 11.3 Å². The molecule has 17 heavy (non-hydrogen) atoms. The fourth-order valence-corrected chi connectivity index (χ4v) is 1.63. The number of aromatic nitrogens is 1. The van der Waals surface area contributed by atoms with Crippen LogP contribution < -0.4 is 4.90 Å². The predicted octanol–water partition coefficient (Wildman–Crippen LogP) is 2.45. The third-order valence-corrected chi connectivity index (χ3v) is 2.61. The minimum Gasteiger partial charge on any atom is -0.477 e. The number of aromatic amines is 1. The first-order valence-corrected chi connectivity index (χ1v) is 5.28. The van der Waals surface area contributed by atoms with Crippen molar-refractivity contribution in [2.75, 3.05) is 19.0 Å². The molecule has 0 fully saturated rings. The van der Waals surface area contributed by atoms with E-state index in [2.05, 4.69) is 4.98 Å². The summed E-state index contributed by atoms with van der Waals surface area (Å²) in [5, 5.41) is 8.82. The molecule has 2 rings (SSSR count). The van der Waals surface area contributed by atoms with E-state index in [0.29, 0.717) is 0 Å². The van der Waals surface area contributed by atoms with Gasteiger partial charge in [-0.15, -0.1) is 0 Å². The molecule has 0 aliphatic rings. The van der Waals surface area contributed by atoms with Gasteiger partial charge in [0, 0.05) is 25.5 Å². The van der Waals surface area contributed by atoms with E-state index in [0.717, 1.165) is 16.9 Å². The van der Waals surface area contributed by atoms with Crippen LogP contribution >= 0.6 is 0 Å². The van der Waals surface area contributed by atoms with Crippen molar-refractivity contribution in [2.45, 2.75) is 0 Å². The molecular formula is C13H14N2O2. The molecule has 88 valence electrons. The number of nitrogens with zero attached hydrogens (tertiary/aromatic N) is 1. The predicted molar refractivity (Wildman–Crippen MR) is 67.5 cm³/mol. The highest BCUT2D eigenvalue weighted by atomic mass is 16.4. The number of rotatable bonds is 3. The normalized spacial score (nSPS) is 10.2. The van der Waals surface area contributed by atoms with Crippen LogP contribution in [0.4, 0.5) is 5.69 Å². The van der Waals surface area contributed by atoms with Crippen molar-refractivity contribution in [1.82, 2.24) is 4.98 Å². The number of carbonyl (C=O) groups is 1. The number of benzene rings is 1. The quantitative estimate of drug-likeness (QED) is 0.851. The number of aromatic carboxylic acids is 1. The summed E-state index contributed by atoms with van der Waals surface area (Å²) in [6.45, 7) is 0. The number of nitrogens with one attached hydrogen (secondary N) is 1. The topological polar surface area (TPSA) is 56.3 Å². The zero-order chi connectivity index (χ0) is 12.4. The highest BCUT2D eigenvalue weighted by Gasteiger charge is 2.07. The molecule has 0 bridgehead atoms. The van der Waals surface area contributed by atoms with E-state index in [4.69, 9.17) is 5.11 Å². The summed E-state index contributed by atoms with van der Waals surface area (Å²) in [6.07, 6.45) is 0. The second-order valence-electron chi connectivity index (χ2n) is 4.03. The summed E-state index contributed by atoms with van der Waals surface area (Å²) < 4.78 is 0. The maximum atomic E-state index is 10.8. The van der Waals surface area contributed by atoms with Crippen molar-refractivity contribution in [1.29, 1.82) is 0 Å². The Bertz CT molecular complexity index is 527. The molecule has 1 aromatic heterocycles. The van der Waals surface area contributed by atoms with E-state index in [1.54, 1.807) is 12.1 Å². The van der Waals surface area contributed by atoms with E-state index < -0.39 is 5.97 Å². The fourth-order valence-electron chi connectivity index (χ4n) is 1.63. The number of anilines is 1. The molecule has 1 heterocycles. The Morgan fingerprint density at radius 2 is 1.76 bits per heavy atom. The van der Waals surface area contributed by atoms with Gasteiger partial charge in [-0.05, 0) is 29.8 Å². The van der Waals surface area contributed by atoms with Gasteiger partial charge in [-0.25, -0.2) is 4.79 Å². The van der Waals surface area contributed by atoms with Crippen molar-refractivity contribution < 1.29 is 9.90 Å². The van der Waals surface area contributed by atoms with Gasteiger partial charge in [-0.1, -0.05) is 12.1 Å². The summed E-state index contributed by atoms with van der Waals surface area (Å²) in [7, 11) is 3.96. The zero-order valence-corrected chi connectivity index (χ0v) is 9.77. The van der Waals surface area contributed by atoms with Crippen LogP contribution in [0, 0.1) is 0 Å². The van der Waals surface area contributed by atoms with E-state index in [9.17, 15) is 4.79 Å². The Balaban J connectivity index is 2.30. The average molecular weight is 230 g/mol. The van der Waals surface area contributed by atoms with Gasteiger partial charge in [0.25, 0.3) is 0 Å². The first-order valence-electron chi connectivity index (χ1n) is 5.28. The number of H-pyrrole nitrogens is 1. The molecule has 0 unspecified atom stereocenters. The Morgan fingerprint density at radius 1 is 1.12 bits per heavy atom. The van der Waals surface area contributed by atoms with Crippen molar-refractivity contribution in [3.05, 3.63) is 42.1 Å². The lowest BCUT2D eigenvalue weighted by atomic mass is 10.1. The fraction of sp³-hybridized carbons (Fsp3) is 0.154. The zero-order valence-electron chi connectivity index (χ0n) is 9.77. The minimum atomic E-state index is -0.943. The second kappa shape index (κ2) is 4.33. The largest absolute Gasteiger partial charge is 0.477 e. The molecule has 0 atom stereocenters. The number of hydrogen-bond acceptors (Lipinski definition) is 2. The molecule has 2 aromatic rings. The first kappa shape index (κ1) is 11.3. The van der Waals surface area contributed by atoms with Gasteiger partial charge in [0.05, 0.1) is 0 Å². The molecule has 1 aromatic carbocycles. The molecule has 0 aliphatic carbocycles.